The highest BCUT2D eigenvalue weighted by atomic mass is 16.3. The summed E-state index contributed by atoms with van der Waals surface area (Å²) < 4.78 is 0. The van der Waals surface area contributed by atoms with Crippen molar-refractivity contribution in [3.8, 4) is 0 Å². The Hall–Kier alpha value is -1.29. The van der Waals surface area contributed by atoms with Gasteiger partial charge in [0.1, 0.15) is 0 Å². The number of aromatic nitrogens is 1. The molecular formula is C13H21N3O. The Morgan fingerprint density at radius 3 is 2.71 bits per heavy atom. The molecule has 0 spiro atoms. The van der Waals surface area contributed by atoms with Gasteiger partial charge in [-0.3, -0.25) is 4.98 Å². The van der Waals surface area contributed by atoms with Crippen molar-refractivity contribution in [1.82, 2.24) is 4.98 Å². The fourth-order valence-corrected chi connectivity index (χ4v) is 2.17. The van der Waals surface area contributed by atoms with Crippen molar-refractivity contribution in [3.63, 3.8) is 0 Å². The van der Waals surface area contributed by atoms with Gasteiger partial charge in [-0.1, -0.05) is 13.8 Å². The Morgan fingerprint density at radius 2 is 2.12 bits per heavy atom. The molecule has 94 valence electrons. The van der Waals surface area contributed by atoms with Crippen molar-refractivity contribution >= 4 is 11.4 Å². The largest absolute Gasteiger partial charge is 0.392 e. The number of aliphatic hydroxyl groups is 1. The lowest BCUT2D eigenvalue weighted by molar-refractivity contribution is -0.0510. The first-order valence-corrected chi connectivity index (χ1v) is 6.17. The maximum atomic E-state index is 9.69. The zero-order chi connectivity index (χ0) is 12.5. The van der Waals surface area contributed by atoms with E-state index in [-0.39, 0.29) is 11.5 Å². The second-order valence-corrected chi connectivity index (χ2v) is 5.26. The molecule has 1 saturated carbocycles. The molecule has 0 bridgehead atoms. The third kappa shape index (κ3) is 2.36. The van der Waals surface area contributed by atoms with E-state index in [9.17, 15) is 5.11 Å². The zero-order valence-corrected chi connectivity index (χ0v) is 10.7. The molecule has 1 aliphatic carbocycles. The summed E-state index contributed by atoms with van der Waals surface area (Å²) in [6.45, 7) is 7.12. The Bertz CT molecular complexity index is 392. The maximum absolute atomic E-state index is 9.69. The van der Waals surface area contributed by atoms with Crippen LogP contribution in [0.4, 0.5) is 11.4 Å². The summed E-state index contributed by atoms with van der Waals surface area (Å²) in [5, 5.41) is 16.4. The molecule has 0 aliphatic heterocycles. The van der Waals surface area contributed by atoms with E-state index in [0.717, 1.165) is 24.3 Å². The second-order valence-electron chi connectivity index (χ2n) is 5.26. The summed E-state index contributed by atoms with van der Waals surface area (Å²) in [4.78, 5) is 4.19. The van der Waals surface area contributed by atoms with Gasteiger partial charge in [-0.05, 0) is 19.4 Å². The fourth-order valence-electron chi connectivity index (χ4n) is 2.17. The van der Waals surface area contributed by atoms with Crippen LogP contribution in [0.1, 0.15) is 27.2 Å². The van der Waals surface area contributed by atoms with E-state index < -0.39 is 0 Å². The van der Waals surface area contributed by atoms with E-state index in [4.69, 9.17) is 0 Å². The van der Waals surface area contributed by atoms with Crippen LogP contribution in [0.3, 0.4) is 0 Å². The Labute approximate surface area is 102 Å². The van der Waals surface area contributed by atoms with Crippen molar-refractivity contribution in [2.75, 3.05) is 17.2 Å². The molecule has 4 heteroatoms. The van der Waals surface area contributed by atoms with Gasteiger partial charge in [0.15, 0.2) is 0 Å². The van der Waals surface area contributed by atoms with Gasteiger partial charge >= 0.3 is 0 Å². The highest BCUT2D eigenvalue weighted by Gasteiger charge is 2.47. The molecule has 1 aromatic rings. The molecule has 0 aromatic carbocycles. The van der Waals surface area contributed by atoms with E-state index in [1.165, 1.54) is 0 Å². The molecule has 1 aromatic heterocycles. The molecule has 4 nitrogen and oxygen atoms in total. The molecule has 17 heavy (non-hydrogen) atoms. The topological polar surface area (TPSA) is 57.2 Å². The van der Waals surface area contributed by atoms with Crippen molar-refractivity contribution < 1.29 is 5.11 Å². The summed E-state index contributed by atoms with van der Waals surface area (Å²) >= 11 is 0. The molecule has 2 atom stereocenters. The minimum absolute atomic E-state index is 0.0613. The summed E-state index contributed by atoms with van der Waals surface area (Å²) in [5.41, 5.74) is 1.97. The Kier molecular flexibility index (Phi) is 3.24. The number of anilines is 2. The lowest BCUT2D eigenvalue weighted by atomic mass is 9.64. The number of hydrogen-bond acceptors (Lipinski definition) is 4. The predicted molar refractivity (Wildman–Crippen MR) is 70.2 cm³/mol. The molecule has 0 saturated heterocycles. The highest BCUT2D eigenvalue weighted by molar-refractivity contribution is 5.54. The van der Waals surface area contributed by atoms with Gasteiger partial charge in [0.25, 0.3) is 0 Å². The van der Waals surface area contributed by atoms with Crippen LogP contribution >= 0.6 is 0 Å². The van der Waals surface area contributed by atoms with E-state index in [0.29, 0.717) is 6.04 Å². The van der Waals surface area contributed by atoms with Crippen LogP contribution in [0.15, 0.2) is 18.5 Å². The maximum Gasteiger partial charge on any atom is 0.0630 e. The number of aliphatic hydroxyl groups excluding tert-OH is 1. The van der Waals surface area contributed by atoms with Crippen LogP contribution in [-0.2, 0) is 0 Å². The average Bonchev–Trinajstić information content (AvgIpc) is 2.30. The van der Waals surface area contributed by atoms with Crippen LogP contribution in [-0.4, -0.2) is 28.8 Å². The lowest BCUT2D eigenvalue weighted by Crippen LogP contribution is -2.56. The van der Waals surface area contributed by atoms with Crippen molar-refractivity contribution in [3.05, 3.63) is 18.5 Å². The predicted octanol–water partition coefficient (Wildman–Crippen LogP) is 2.08. The summed E-state index contributed by atoms with van der Waals surface area (Å²) in [5.74, 6) is 0. The van der Waals surface area contributed by atoms with Crippen LogP contribution in [0.5, 0.6) is 0 Å². The normalized spacial score (nSPS) is 26.1. The van der Waals surface area contributed by atoms with Gasteiger partial charge in [-0.15, -0.1) is 0 Å². The highest BCUT2D eigenvalue weighted by Crippen LogP contribution is 2.42. The van der Waals surface area contributed by atoms with Crippen LogP contribution in [0.2, 0.25) is 0 Å². The van der Waals surface area contributed by atoms with Gasteiger partial charge in [-0.2, -0.15) is 0 Å². The number of pyridine rings is 1. The monoisotopic (exact) mass is 235 g/mol. The zero-order valence-electron chi connectivity index (χ0n) is 10.7. The van der Waals surface area contributed by atoms with E-state index in [2.05, 4.69) is 42.5 Å². The van der Waals surface area contributed by atoms with Crippen LogP contribution < -0.4 is 10.6 Å². The molecule has 0 amide bonds. The quantitative estimate of drug-likeness (QED) is 0.748. The lowest BCUT2D eigenvalue weighted by Gasteiger charge is -2.49. The molecule has 3 N–H and O–H groups in total. The van der Waals surface area contributed by atoms with Gasteiger partial charge in [-0.25, -0.2) is 0 Å². The molecule has 1 aliphatic rings. The molecule has 1 heterocycles. The van der Waals surface area contributed by atoms with E-state index in [1.807, 2.05) is 12.4 Å². The van der Waals surface area contributed by atoms with Gasteiger partial charge in [0.2, 0.25) is 0 Å². The number of nitrogens with one attached hydrogen (secondary N) is 2. The Balaban J connectivity index is 2.02. The second kappa shape index (κ2) is 4.53. The summed E-state index contributed by atoms with van der Waals surface area (Å²) in [6.07, 6.45) is 4.24. The molecule has 1 fully saturated rings. The van der Waals surface area contributed by atoms with Crippen molar-refractivity contribution in [2.24, 2.45) is 5.41 Å². The molecular weight excluding hydrogens is 214 g/mol. The standard InChI is InChI=1S/C13H21N3O/c1-4-15-9-5-10(8-14-7-9)16-11-6-12(17)13(11,2)3/h5,7-8,11-12,15-17H,4,6H2,1-3H3. The summed E-state index contributed by atoms with van der Waals surface area (Å²) in [6, 6.07) is 2.37. The minimum Gasteiger partial charge on any atom is -0.392 e. The van der Waals surface area contributed by atoms with Crippen molar-refractivity contribution in [2.45, 2.75) is 39.3 Å². The van der Waals surface area contributed by atoms with E-state index in [1.54, 1.807) is 0 Å². The van der Waals surface area contributed by atoms with Crippen molar-refractivity contribution in [1.29, 1.82) is 0 Å². The number of nitrogens with zero attached hydrogens (tertiary/aromatic N) is 1. The third-order valence-electron chi connectivity index (χ3n) is 3.68. The number of rotatable bonds is 4. The first-order chi connectivity index (χ1) is 8.04. The number of hydrogen-bond donors (Lipinski definition) is 3. The SMILES string of the molecule is CCNc1cncc(NC2CC(O)C2(C)C)c1. The first kappa shape index (κ1) is 12.2. The van der Waals surface area contributed by atoms with E-state index >= 15 is 0 Å². The first-order valence-electron chi connectivity index (χ1n) is 6.17. The van der Waals surface area contributed by atoms with Gasteiger partial charge < -0.3 is 15.7 Å². The van der Waals surface area contributed by atoms with Crippen LogP contribution in [0, 0.1) is 5.41 Å². The van der Waals surface area contributed by atoms with Gasteiger partial charge in [0.05, 0.1) is 29.9 Å². The summed E-state index contributed by atoms with van der Waals surface area (Å²) in [7, 11) is 0. The fraction of sp³-hybridized carbons (Fsp3) is 0.615. The van der Waals surface area contributed by atoms with Crippen LogP contribution in [0.25, 0.3) is 0 Å². The third-order valence-corrected chi connectivity index (χ3v) is 3.68. The molecule has 0 radical (unpaired) electrons. The molecule has 2 rings (SSSR count). The smallest absolute Gasteiger partial charge is 0.0630 e. The van der Waals surface area contributed by atoms with Gasteiger partial charge in [0, 0.05) is 18.0 Å². The Morgan fingerprint density at radius 1 is 1.41 bits per heavy atom. The molecule has 2 unspecified atom stereocenters. The minimum atomic E-state index is -0.204. The average molecular weight is 235 g/mol.